The first-order valence-electron chi connectivity index (χ1n) is 12.0. The van der Waals surface area contributed by atoms with E-state index in [-0.39, 0.29) is 12.1 Å². The second-order valence-corrected chi connectivity index (χ2v) is 11.6. The van der Waals surface area contributed by atoms with E-state index in [4.69, 9.17) is 4.98 Å². The van der Waals surface area contributed by atoms with Gasteiger partial charge in [-0.15, -0.1) is 11.3 Å². The van der Waals surface area contributed by atoms with Crippen molar-refractivity contribution in [2.24, 2.45) is 5.92 Å². The number of nitrogens with one attached hydrogen (secondary N) is 1. The second kappa shape index (κ2) is 8.54. The minimum absolute atomic E-state index is 0.0205. The van der Waals surface area contributed by atoms with E-state index in [9.17, 15) is 4.39 Å². The summed E-state index contributed by atoms with van der Waals surface area (Å²) in [7, 11) is 0. The quantitative estimate of drug-likeness (QED) is 0.505. The van der Waals surface area contributed by atoms with Crippen LogP contribution in [0.3, 0.4) is 0 Å². The zero-order valence-electron chi connectivity index (χ0n) is 19.7. The number of aromatic nitrogens is 2. The normalized spacial score (nSPS) is 22.9. The Hall–Kier alpha value is -1.76. The predicted octanol–water partition coefficient (Wildman–Crippen LogP) is 5.59. The van der Waals surface area contributed by atoms with Gasteiger partial charge in [-0.1, -0.05) is 25.1 Å². The number of hydrogen-bond donors (Lipinski definition) is 1. The van der Waals surface area contributed by atoms with Crippen molar-refractivity contribution in [2.75, 3.05) is 26.2 Å². The molecule has 0 unspecified atom stereocenters. The highest BCUT2D eigenvalue weighted by atomic mass is 32.1. The van der Waals surface area contributed by atoms with Crippen LogP contribution < -0.4 is 0 Å². The maximum absolute atomic E-state index is 14.9. The molecular weight excluding hydrogens is 419 g/mol. The van der Waals surface area contributed by atoms with Crippen molar-refractivity contribution in [1.82, 2.24) is 19.8 Å². The first-order chi connectivity index (χ1) is 15.3. The molecule has 2 aliphatic heterocycles. The third kappa shape index (κ3) is 4.25. The van der Waals surface area contributed by atoms with Crippen LogP contribution in [0, 0.1) is 5.92 Å². The minimum atomic E-state index is -1.26. The molecule has 0 amide bonds. The Kier molecular flexibility index (Phi) is 5.89. The van der Waals surface area contributed by atoms with Crippen LogP contribution in [0.1, 0.15) is 61.3 Å². The molecule has 5 rings (SSSR count). The van der Waals surface area contributed by atoms with Gasteiger partial charge in [0.25, 0.3) is 0 Å². The fraction of sp³-hybridized carbons (Fsp3) is 0.577. The smallest absolute Gasteiger partial charge is 0.118 e. The lowest BCUT2D eigenvalue weighted by molar-refractivity contribution is 0.0667. The number of nitrogens with zero attached hydrogens (tertiary/aromatic N) is 3. The number of likely N-dealkylation sites (tertiary alicyclic amines) is 1. The van der Waals surface area contributed by atoms with Gasteiger partial charge in [-0.2, -0.15) is 0 Å². The Bertz CT molecular complexity index is 1080. The third-order valence-corrected chi connectivity index (χ3v) is 8.02. The van der Waals surface area contributed by atoms with E-state index < -0.39 is 5.67 Å². The molecule has 1 saturated heterocycles. The number of hydrogen-bond acceptors (Lipinski definition) is 4. The molecule has 4 heterocycles. The molecule has 0 radical (unpaired) electrons. The standard InChI is InChI=1S/C26H35FN4S/c1-5-10-30-14-18(15-30)12-19-13-28-25(32-19)24-23-21(20-8-6-7-9-22(20)29-23)11-17(2)31(24)16-26(3,4)27/h6-9,13,17-18,24,29H,5,10-12,14-16H2,1-4H3/t17-,24+/m1/s1. The van der Waals surface area contributed by atoms with Gasteiger partial charge < -0.3 is 9.88 Å². The summed E-state index contributed by atoms with van der Waals surface area (Å²) in [5, 5.41) is 2.38. The van der Waals surface area contributed by atoms with Crippen molar-refractivity contribution in [3.63, 3.8) is 0 Å². The molecule has 4 nitrogen and oxygen atoms in total. The van der Waals surface area contributed by atoms with E-state index in [1.165, 1.54) is 53.1 Å². The van der Waals surface area contributed by atoms with Crippen molar-refractivity contribution < 1.29 is 4.39 Å². The summed E-state index contributed by atoms with van der Waals surface area (Å²) in [6, 6.07) is 8.76. The molecule has 2 atom stereocenters. The van der Waals surface area contributed by atoms with Crippen LogP contribution in [0.5, 0.6) is 0 Å². The Morgan fingerprint density at radius 2 is 2.03 bits per heavy atom. The number of benzene rings is 1. The van der Waals surface area contributed by atoms with Gasteiger partial charge in [-0.3, -0.25) is 4.90 Å². The Morgan fingerprint density at radius 3 is 2.78 bits per heavy atom. The van der Waals surface area contributed by atoms with E-state index in [2.05, 4.69) is 59.1 Å². The first kappa shape index (κ1) is 22.1. The van der Waals surface area contributed by atoms with Gasteiger partial charge in [0, 0.05) is 53.3 Å². The van der Waals surface area contributed by atoms with Gasteiger partial charge in [0.15, 0.2) is 0 Å². The van der Waals surface area contributed by atoms with Crippen LogP contribution in [0.4, 0.5) is 4.39 Å². The van der Waals surface area contributed by atoms with Gasteiger partial charge in [0.2, 0.25) is 0 Å². The maximum Gasteiger partial charge on any atom is 0.118 e. The highest BCUT2D eigenvalue weighted by Gasteiger charge is 2.40. The SMILES string of the molecule is CCCN1CC(Cc2cnc([C@@H]3c4[nH]c5ccccc5c4C[C@@H](C)N3CC(C)(C)F)s2)C1. The summed E-state index contributed by atoms with van der Waals surface area (Å²) in [6.07, 6.45) is 5.33. The summed E-state index contributed by atoms with van der Waals surface area (Å²) in [5.74, 6) is 0.740. The molecule has 3 aromatic rings. The molecule has 0 bridgehead atoms. The Labute approximate surface area is 194 Å². The van der Waals surface area contributed by atoms with Crippen LogP contribution in [0.25, 0.3) is 10.9 Å². The van der Waals surface area contributed by atoms with Gasteiger partial charge in [0.05, 0.1) is 0 Å². The summed E-state index contributed by atoms with van der Waals surface area (Å²) in [5.41, 5.74) is 2.48. The zero-order valence-corrected chi connectivity index (χ0v) is 20.5. The monoisotopic (exact) mass is 454 g/mol. The molecule has 6 heteroatoms. The number of fused-ring (bicyclic) bond motifs is 3. The Morgan fingerprint density at radius 1 is 1.25 bits per heavy atom. The summed E-state index contributed by atoms with van der Waals surface area (Å²) < 4.78 is 14.9. The number of para-hydroxylation sites is 1. The lowest BCUT2D eigenvalue weighted by Gasteiger charge is -2.41. The molecule has 0 aliphatic carbocycles. The van der Waals surface area contributed by atoms with E-state index >= 15 is 0 Å². The van der Waals surface area contributed by atoms with Crippen LogP contribution in [-0.4, -0.2) is 57.7 Å². The first-order valence-corrected chi connectivity index (χ1v) is 12.8. The number of aromatic amines is 1. The summed E-state index contributed by atoms with van der Waals surface area (Å²) >= 11 is 1.82. The van der Waals surface area contributed by atoms with E-state index in [1.54, 1.807) is 13.8 Å². The van der Waals surface area contributed by atoms with Crippen molar-refractivity contribution in [2.45, 2.75) is 64.7 Å². The van der Waals surface area contributed by atoms with Crippen molar-refractivity contribution >= 4 is 22.2 Å². The zero-order chi connectivity index (χ0) is 22.5. The van der Waals surface area contributed by atoms with Gasteiger partial charge >= 0.3 is 0 Å². The molecule has 1 aromatic carbocycles. The number of H-pyrrole nitrogens is 1. The van der Waals surface area contributed by atoms with Crippen LogP contribution in [0.2, 0.25) is 0 Å². The van der Waals surface area contributed by atoms with Crippen molar-refractivity contribution in [3.05, 3.63) is 51.6 Å². The molecule has 2 aromatic heterocycles. The topological polar surface area (TPSA) is 35.2 Å². The van der Waals surface area contributed by atoms with Crippen LogP contribution in [0.15, 0.2) is 30.5 Å². The van der Waals surface area contributed by atoms with Gasteiger partial charge in [-0.25, -0.2) is 9.37 Å². The maximum atomic E-state index is 14.9. The summed E-state index contributed by atoms with van der Waals surface area (Å²) in [4.78, 5) is 14.8. The molecule has 0 spiro atoms. The van der Waals surface area contributed by atoms with Crippen LogP contribution in [-0.2, 0) is 12.8 Å². The molecule has 32 heavy (non-hydrogen) atoms. The van der Waals surface area contributed by atoms with E-state index in [0.29, 0.717) is 6.54 Å². The third-order valence-electron chi connectivity index (χ3n) is 6.94. The number of alkyl halides is 1. The summed E-state index contributed by atoms with van der Waals surface area (Å²) in [6.45, 7) is 11.9. The predicted molar refractivity (Wildman–Crippen MR) is 131 cm³/mol. The number of halogens is 1. The molecule has 2 aliphatic rings. The fourth-order valence-electron chi connectivity index (χ4n) is 5.59. The van der Waals surface area contributed by atoms with Gasteiger partial charge in [-0.05, 0) is 64.1 Å². The van der Waals surface area contributed by atoms with E-state index in [1.807, 2.05) is 11.3 Å². The average molecular weight is 455 g/mol. The van der Waals surface area contributed by atoms with E-state index in [0.717, 1.165) is 23.8 Å². The van der Waals surface area contributed by atoms with Crippen molar-refractivity contribution in [1.29, 1.82) is 0 Å². The average Bonchev–Trinajstić information content (AvgIpc) is 3.30. The fourth-order valence-corrected chi connectivity index (χ4v) is 6.75. The van der Waals surface area contributed by atoms with Gasteiger partial charge in [0.1, 0.15) is 16.7 Å². The number of rotatable bonds is 7. The highest BCUT2D eigenvalue weighted by Crippen LogP contribution is 2.43. The van der Waals surface area contributed by atoms with Crippen molar-refractivity contribution in [3.8, 4) is 0 Å². The molecule has 1 fully saturated rings. The Balaban J connectivity index is 1.46. The van der Waals surface area contributed by atoms with Crippen LogP contribution >= 0.6 is 11.3 Å². The largest absolute Gasteiger partial charge is 0.356 e. The molecule has 0 saturated carbocycles. The molecule has 172 valence electrons. The second-order valence-electron chi connectivity index (χ2n) is 10.4. The lowest BCUT2D eigenvalue weighted by atomic mass is 9.91. The highest BCUT2D eigenvalue weighted by molar-refractivity contribution is 7.11. The number of thiazole rings is 1. The molecular formula is C26H35FN4S. The minimum Gasteiger partial charge on any atom is -0.356 e. The molecule has 1 N–H and O–H groups in total. The lowest BCUT2D eigenvalue weighted by Crippen LogP contribution is -2.47.